The highest BCUT2D eigenvalue weighted by Gasteiger charge is 2.11. The zero-order valence-corrected chi connectivity index (χ0v) is 6.55. The highest BCUT2D eigenvalue weighted by atomic mass is 32.2. The van der Waals surface area contributed by atoms with Crippen LogP contribution in [-0.2, 0) is 9.84 Å². The van der Waals surface area contributed by atoms with Gasteiger partial charge in [0.2, 0.25) is 20.7 Å². The van der Waals surface area contributed by atoms with Crippen LogP contribution in [0.2, 0.25) is 0 Å². The van der Waals surface area contributed by atoms with E-state index in [-0.39, 0.29) is 10.9 Å². The van der Waals surface area contributed by atoms with E-state index in [4.69, 9.17) is 5.26 Å². The minimum Gasteiger partial charge on any atom is -0.434 e. The van der Waals surface area contributed by atoms with Crippen LogP contribution in [0.5, 0.6) is 0 Å². The fraction of sp³-hybridized carbons (Fsp3) is 0.167. The minimum absolute atomic E-state index is 0.00502. The van der Waals surface area contributed by atoms with Crippen LogP contribution in [-0.4, -0.2) is 14.7 Å². The van der Waals surface area contributed by atoms with Gasteiger partial charge in [-0.3, -0.25) is 0 Å². The number of furan rings is 1. The molecule has 0 aliphatic heterocycles. The van der Waals surface area contributed by atoms with Crippen molar-refractivity contribution in [2.24, 2.45) is 0 Å². The van der Waals surface area contributed by atoms with E-state index in [1.54, 1.807) is 6.07 Å². The zero-order valence-electron chi connectivity index (χ0n) is 5.73. The molecule has 1 heterocycles. The maximum Gasteiger partial charge on any atom is 0.219 e. The average Bonchev–Trinajstić information content (AvgIpc) is 2.32. The molecule has 0 radical (unpaired) electrons. The molecule has 0 aliphatic rings. The maximum absolute atomic E-state index is 10.8. The molecule has 0 saturated carbocycles. The van der Waals surface area contributed by atoms with Crippen molar-refractivity contribution in [1.29, 1.82) is 5.26 Å². The second-order valence-corrected chi connectivity index (χ2v) is 3.95. The number of sulfone groups is 1. The van der Waals surface area contributed by atoms with Gasteiger partial charge >= 0.3 is 0 Å². The Bertz CT molecular complexity index is 396. The summed E-state index contributed by atoms with van der Waals surface area (Å²) >= 11 is 0. The molecule has 5 heteroatoms. The molecular weight excluding hydrogens is 166 g/mol. The van der Waals surface area contributed by atoms with Crippen molar-refractivity contribution in [2.75, 3.05) is 6.26 Å². The molecule has 0 N–H and O–H groups in total. The number of hydrogen-bond acceptors (Lipinski definition) is 4. The molecule has 4 nitrogen and oxygen atoms in total. The summed E-state index contributed by atoms with van der Waals surface area (Å²) in [7, 11) is -3.31. The summed E-state index contributed by atoms with van der Waals surface area (Å²) in [6.07, 6.45) is 1.02. The highest BCUT2D eigenvalue weighted by Crippen LogP contribution is 2.11. The Hall–Kier alpha value is -1.28. The largest absolute Gasteiger partial charge is 0.434 e. The van der Waals surface area contributed by atoms with Gasteiger partial charge in [-0.1, -0.05) is 0 Å². The Morgan fingerprint density at radius 2 is 2.18 bits per heavy atom. The molecule has 1 aromatic rings. The van der Waals surface area contributed by atoms with Gasteiger partial charge in [0.15, 0.2) is 0 Å². The quantitative estimate of drug-likeness (QED) is 0.618. The van der Waals surface area contributed by atoms with Gasteiger partial charge in [0.1, 0.15) is 6.07 Å². The summed E-state index contributed by atoms with van der Waals surface area (Å²) in [6.45, 7) is 0. The van der Waals surface area contributed by atoms with Gasteiger partial charge < -0.3 is 4.42 Å². The second kappa shape index (κ2) is 2.40. The molecule has 11 heavy (non-hydrogen) atoms. The molecule has 0 unspecified atom stereocenters. The lowest BCUT2D eigenvalue weighted by Gasteiger charge is -1.87. The molecule has 0 aliphatic carbocycles. The van der Waals surface area contributed by atoms with Crippen molar-refractivity contribution >= 4 is 9.84 Å². The first-order valence-corrected chi connectivity index (χ1v) is 4.63. The monoisotopic (exact) mass is 171 g/mol. The third-order valence-electron chi connectivity index (χ3n) is 1.06. The van der Waals surface area contributed by atoms with E-state index >= 15 is 0 Å². The maximum atomic E-state index is 10.8. The summed E-state index contributed by atoms with van der Waals surface area (Å²) in [5, 5.41) is 8.11. The van der Waals surface area contributed by atoms with E-state index in [0.717, 1.165) is 6.26 Å². The molecule has 1 rings (SSSR count). The molecule has 0 fully saturated rings. The van der Waals surface area contributed by atoms with Crippen LogP contribution >= 0.6 is 0 Å². The lowest BCUT2D eigenvalue weighted by Crippen LogP contribution is -1.93. The summed E-state index contributed by atoms with van der Waals surface area (Å²) in [6, 6.07) is 4.26. The zero-order chi connectivity index (χ0) is 8.48. The Kier molecular flexibility index (Phi) is 1.71. The molecule has 0 spiro atoms. The lowest BCUT2D eigenvalue weighted by molar-refractivity contribution is 0.442. The van der Waals surface area contributed by atoms with Crippen LogP contribution < -0.4 is 0 Å². The first-order chi connectivity index (χ1) is 5.04. The predicted octanol–water partition coefficient (Wildman–Crippen LogP) is 0.555. The van der Waals surface area contributed by atoms with Crippen LogP contribution in [0.25, 0.3) is 0 Å². The van der Waals surface area contributed by atoms with Crippen molar-refractivity contribution in [3.63, 3.8) is 0 Å². The minimum atomic E-state index is -3.31. The van der Waals surface area contributed by atoms with Crippen molar-refractivity contribution in [2.45, 2.75) is 5.09 Å². The van der Waals surface area contributed by atoms with Gasteiger partial charge in [-0.15, -0.1) is 0 Å². The summed E-state index contributed by atoms with van der Waals surface area (Å²) in [4.78, 5) is 0. The van der Waals surface area contributed by atoms with E-state index < -0.39 is 9.84 Å². The standard InChI is InChI=1S/C6H5NO3S/c1-11(8,9)6-3-2-5(4-7)10-6/h2-3H,1H3. The number of nitriles is 1. The van der Waals surface area contributed by atoms with E-state index in [9.17, 15) is 8.42 Å². The molecule has 58 valence electrons. The molecule has 0 amide bonds. The molecule has 1 aromatic heterocycles. The Morgan fingerprint density at radius 1 is 1.55 bits per heavy atom. The smallest absolute Gasteiger partial charge is 0.219 e. The molecule has 0 saturated heterocycles. The topological polar surface area (TPSA) is 71.1 Å². The van der Waals surface area contributed by atoms with Crippen LogP contribution in [0.1, 0.15) is 5.76 Å². The fourth-order valence-corrected chi connectivity index (χ4v) is 1.14. The van der Waals surface area contributed by atoms with Crippen LogP contribution in [0, 0.1) is 11.3 Å². The molecular formula is C6H5NO3S. The van der Waals surface area contributed by atoms with Crippen LogP contribution in [0.15, 0.2) is 21.6 Å². The van der Waals surface area contributed by atoms with Crippen molar-refractivity contribution in [1.82, 2.24) is 0 Å². The second-order valence-electron chi connectivity index (χ2n) is 2.00. The van der Waals surface area contributed by atoms with Gasteiger partial charge in [0, 0.05) is 6.26 Å². The lowest BCUT2D eigenvalue weighted by atomic mass is 10.5. The van der Waals surface area contributed by atoms with E-state index in [0.29, 0.717) is 0 Å². The van der Waals surface area contributed by atoms with Gasteiger partial charge in [0.05, 0.1) is 0 Å². The van der Waals surface area contributed by atoms with E-state index in [2.05, 4.69) is 4.42 Å². The third kappa shape index (κ3) is 1.59. The first kappa shape index (κ1) is 7.82. The molecule has 0 aromatic carbocycles. The van der Waals surface area contributed by atoms with Crippen molar-refractivity contribution in [3.8, 4) is 6.07 Å². The van der Waals surface area contributed by atoms with E-state index in [1.165, 1.54) is 12.1 Å². The van der Waals surface area contributed by atoms with Crippen molar-refractivity contribution in [3.05, 3.63) is 17.9 Å². The number of nitrogens with zero attached hydrogens (tertiary/aromatic N) is 1. The fourth-order valence-electron chi connectivity index (χ4n) is 0.580. The van der Waals surface area contributed by atoms with Crippen LogP contribution in [0.3, 0.4) is 0 Å². The van der Waals surface area contributed by atoms with Crippen LogP contribution in [0.4, 0.5) is 0 Å². The normalized spacial score (nSPS) is 10.9. The molecule has 0 bridgehead atoms. The predicted molar refractivity (Wildman–Crippen MR) is 36.5 cm³/mol. The molecule has 0 atom stereocenters. The number of rotatable bonds is 1. The van der Waals surface area contributed by atoms with Gasteiger partial charge in [-0.05, 0) is 12.1 Å². The SMILES string of the molecule is CS(=O)(=O)c1ccc(C#N)o1. The van der Waals surface area contributed by atoms with Gasteiger partial charge in [-0.25, -0.2) is 8.42 Å². The van der Waals surface area contributed by atoms with Crippen molar-refractivity contribution < 1.29 is 12.8 Å². The number of hydrogen-bond donors (Lipinski definition) is 0. The summed E-state index contributed by atoms with van der Waals surface area (Å²) in [5.74, 6) is 0.00502. The average molecular weight is 171 g/mol. The summed E-state index contributed by atoms with van der Waals surface area (Å²) in [5.41, 5.74) is 0. The van der Waals surface area contributed by atoms with Gasteiger partial charge in [-0.2, -0.15) is 5.26 Å². The Labute approximate surface area is 64.0 Å². The van der Waals surface area contributed by atoms with Gasteiger partial charge in [0.25, 0.3) is 0 Å². The van der Waals surface area contributed by atoms with E-state index in [1.807, 2.05) is 0 Å². The highest BCUT2D eigenvalue weighted by molar-refractivity contribution is 7.90. The Balaban J connectivity index is 3.22. The first-order valence-electron chi connectivity index (χ1n) is 2.74. The Morgan fingerprint density at radius 3 is 2.45 bits per heavy atom. The summed E-state index contributed by atoms with van der Waals surface area (Å²) < 4.78 is 26.2. The third-order valence-corrected chi connectivity index (χ3v) is 2.01.